The van der Waals surface area contributed by atoms with Crippen LogP contribution in [-0.2, 0) is 0 Å². The van der Waals surface area contributed by atoms with Crippen molar-refractivity contribution in [3.05, 3.63) is 24.3 Å². The van der Waals surface area contributed by atoms with Crippen LogP contribution in [0.25, 0.3) is 0 Å². The van der Waals surface area contributed by atoms with E-state index in [0.717, 1.165) is 0 Å². The van der Waals surface area contributed by atoms with Crippen molar-refractivity contribution in [1.29, 1.82) is 0 Å². The maximum absolute atomic E-state index is 12.3. The van der Waals surface area contributed by atoms with E-state index in [-0.39, 0.29) is 36.6 Å². The van der Waals surface area contributed by atoms with Crippen molar-refractivity contribution in [2.45, 2.75) is 26.1 Å². The van der Waals surface area contributed by atoms with Gasteiger partial charge in [-0.15, -0.1) is 24.0 Å². The summed E-state index contributed by atoms with van der Waals surface area (Å²) in [4.78, 5) is 5.63. The number of nitrogens with one attached hydrogen (secondary N) is 2. The first-order valence-electron chi connectivity index (χ1n) is 8.81. The third-order valence-electron chi connectivity index (χ3n) is 3.46. The highest BCUT2D eigenvalue weighted by atomic mass is 127. The summed E-state index contributed by atoms with van der Waals surface area (Å²) >= 11 is 0. The molecule has 28 heavy (non-hydrogen) atoms. The first-order valence-corrected chi connectivity index (χ1v) is 8.81. The molecule has 0 aliphatic heterocycles. The van der Waals surface area contributed by atoms with Gasteiger partial charge in [0.25, 0.3) is 0 Å². The normalized spacial score (nSPS) is 12.9. The van der Waals surface area contributed by atoms with Crippen LogP contribution in [0, 0.1) is 0 Å². The largest absolute Gasteiger partial charge is 0.497 e. The van der Waals surface area contributed by atoms with Crippen molar-refractivity contribution < 1.29 is 22.6 Å². The second-order valence-electron chi connectivity index (χ2n) is 6.11. The van der Waals surface area contributed by atoms with Gasteiger partial charge in [0.2, 0.25) is 0 Å². The Labute approximate surface area is 181 Å². The standard InChI is InChI=1S/C18H29F3N4O2.HI/c1-5-22-17(23-9-10-25(3)13-18(19,20)21)24-12-14(2)27-16-8-6-7-15(11-16)26-4;/h6-8,11,14H,5,9-10,12-13H2,1-4H3,(H2,22,23,24);1H. The number of alkyl halides is 3. The van der Waals surface area contributed by atoms with Gasteiger partial charge in [0, 0.05) is 25.7 Å². The Morgan fingerprint density at radius 2 is 1.93 bits per heavy atom. The maximum Gasteiger partial charge on any atom is 0.401 e. The van der Waals surface area contributed by atoms with Crippen molar-refractivity contribution in [2.24, 2.45) is 4.99 Å². The molecule has 0 amide bonds. The molecule has 0 radical (unpaired) electrons. The summed E-state index contributed by atoms with van der Waals surface area (Å²) in [5.74, 6) is 1.93. The predicted molar refractivity (Wildman–Crippen MR) is 116 cm³/mol. The van der Waals surface area contributed by atoms with E-state index in [2.05, 4.69) is 15.6 Å². The fraction of sp³-hybridized carbons (Fsp3) is 0.611. The molecule has 1 rings (SSSR count). The lowest BCUT2D eigenvalue weighted by molar-refractivity contribution is -0.142. The smallest absolute Gasteiger partial charge is 0.401 e. The van der Waals surface area contributed by atoms with Crippen LogP contribution in [0.3, 0.4) is 0 Å². The minimum atomic E-state index is -4.19. The maximum atomic E-state index is 12.3. The fourth-order valence-electron chi connectivity index (χ4n) is 2.26. The Morgan fingerprint density at radius 1 is 1.25 bits per heavy atom. The number of likely N-dealkylation sites (N-methyl/N-ethyl adjacent to an activating group) is 1. The molecule has 162 valence electrons. The van der Waals surface area contributed by atoms with Crippen molar-refractivity contribution in [3.8, 4) is 11.5 Å². The number of ether oxygens (including phenoxy) is 2. The number of hydrogen-bond acceptors (Lipinski definition) is 4. The van der Waals surface area contributed by atoms with E-state index in [1.54, 1.807) is 13.2 Å². The summed E-state index contributed by atoms with van der Waals surface area (Å²) in [6.07, 6.45) is -4.37. The summed E-state index contributed by atoms with van der Waals surface area (Å²) in [7, 11) is 3.02. The highest BCUT2D eigenvalue weighted by Gasteiger charge is 2.28. The molecule has 1 unspecified atom stereocenters. The van der Waals surface area contributed by atoms with E-state index in [1.165, 1.54) is 11.9 Å². The molecule has 0 saturated carbocycles. The van der Waals surface area contributed by atoms with Crippen molar-refractivity contribution >= 4 is 29.9 Å². The van der Waals surface area contributed by atoms with Crippen LogP contribution in [0.1, 0.15) is 13.8 Å². The molecule has 0 bridgehead atoms. The summed E-state index contributed by atoms with van der Waals surface area (Å²) in [5, 5.41) is 6.09. The molecule has 1 aromatic carbocycles. The van der Waals surface area contributed by atoms with Crippen LogP contribution < -0.4 is 20.1 Å². The van der Waals surface area contributed by atoms with Crippen molar-refractivity contribution in [3.63, 3.8) is 0 Å². The van der Waals surface area contributed by atoms with Gasteiger partial charge in [-0.25, -0.2) is 4.99 Å². The van der Waals surface area contributed by atoms with Gasteiger partial charge in [-0.3, -0.25) is 4.90 Å². The lowest BCUT2D eigenvalue weighted by atomic mass is 10.3. The first-order chi connectivity index (χ1) is 12.7. The molecule has 2 N–H and O–H groups in total. The molecule has 1 atom stereocenters. The highest BCUT2D eigenvalue weighted by Crippen LogP contribution is 2.20. The molecule has 0 spiro atoms. The number of aliphatic imine (C=N–C) groups is 1. The lowest BCUT2D eigenvalue weighted by Gasteiger charge is -2.20. The molecule has 0 aromatic heterocycles. The summed E-state index contributed by atoms with van der Waals surface area (Å²) in [6, 6.07) is 7.30. The monoisotopic (exact) mass is 518 g/mol. The summed E-state index contributed by atoms with van der Waals surface area (Å²) < 4.78 is 48.0. The molecule has 10 heteroatoms. The van der Waals surface area contributed by atoms with E-state index in [4.69, 9.17) is 9.47 Å². The number of rotatable bonds is 10. The second-order valence-corrected chi connectivity index (χ2v) is 6.11. The van der Waals surface area contributed by atoms with Crippen LogP contribution in [0.15, 0.2) is 29.3 Å². The topological polar surface area (TPSA) is 58.1 Å². The van der Waals surface area contributed by atoms with Gasteiger partial charge in [-0.2, -0.15) is 13.2 Å². The lowest BCUT2D eigenvalue weighted by Crippen LogP contribution is -2.42. The third kappa shape index (κ3) is 12.1. The van der Waals surface area contributed by atoms with Gasteiger partial charge in [0.1, 0.15) is 17.6 Å². The molecule has 0 aliphatic carbocycles. The van der Waals surface area contributed by atoms with E-state index < -0.39 is 12.7 Å². The first kappa shape index (κ1) is 26.6. The third-order valence-corrected chi connectivity index (χ3v) is 3.46. The van der Waals surface area contributed by atoms with E-state index >= 15 is 0 Å². The van der Waals surface area contributed by atoms with Crippen LogP contribution >= 0.6 is 24.0 Å². The molecular formula is C18H30F3IN4O2. The SMILES string of the molecule is CCNC(=NCC(C)Oc1cccc(OC)c1)NCCN(C)CC(F)(F)F.I. The van der Waals surface area contributed by atoms with E-state index in [0.29, 0.717) is 37.1 Å². The minimum absolute atomic E-state index is 0. The highest BCUT2D eigenvalue weighted by molar-refractivity contribution is 14.0. The average molecular weight is 518 g/mol. The number of guanidine groups is 1. The molecule has 0 fully saturated rings. The van der Waals surface area contributed by atoms with E-state index in [1.807, 2.05) is 32.0 Å². The zero-order valence-electron chi connectivity index (χ0n) is 16.7. The van der Waals surface area contributed by atoms with Crippen LogP contribution in [-0.4, -0.2) is 70.0 Å². The van der Waals surface area contributed by atoms with Gasteiger partial charge in [-0.05, 0) is 33.0 Å². The number of halogens is 4. The van der Waals surface area contributed by atoms with Crippen LogP contribution in [0.2, 0.25) is 0 Å². The van der Waals surface area contributed by atoms with Gasteiger partial charge in [-0.1, -0.05) is 6.07 Å². The molecule has 6 nitrogen and oxygen atoms in total. The predicted octanol–water partition coefficient (Wildman–Crippen LogP) is 3.13. The Balaban J connectivity index is 0.00000729. The summed E-state index contributed by atoms with van der Waals surface area (Å²) in [5.41, 5.74) is 0. The Kier molecular flexibility index (Phi) is 13.0. The quantitative estimate of drug-likeness (QED) is 0.283. The molecule has 1 aromatic rings. The second kappa shape index (κ2) is 13.7. The minimum Gasteiger partial charge on any atom is -0.497 e. The Morgan fingerprint density at radius 3 is 2.54 bits per heavy atom. The Hall–Kier alpha value is -1.43. The fourth-order valence-corrected chi connectivity index (χ4v) is 2.26. The Bertz CT molecular complexity index is 588. The van der Waals surface area contributed by atoms with E-state index in [9.17, 15) is 13.2 Å². The number of methoxy groups -OCH3 is 1. The molecule has 0 saturated heterocycles. The summed E-state index contributed by atoms with van der Waals surface area (Å²) in [6.45, 7) is 4.52. The van der Waals surface area contributed by atoms with Gasteiger partial charge >= 0.3 is 6.18 Å². The number of nitrogens with zero attached hydrogens (tertiary/aromatic N) is 2. The van der Waals surface area contributed by atoms with Crippen molar-refractivity contribution in [1.82, 2.24) is 15.5 Å². The van der Waals surface area contributed by atoms with Gasteiger partial charge in [0.15, 0.2) is 5.96 Å². The van der Waals surface area contributed by atoms with Crippen LogP contribution in [0.4, 0.5) is 13.2 Å². The molecule has 0 heterocycles. The zero-order chi connectivity index (χ0) is 20.3. The van der Waals surface area contributed by atoms with Crippen molar-refractivity contribution in [2.75, 3.05) is 46.9 Å². The van der Waals surface area contributed by atoms with Crippen LogP contribution in [0.5, 0.6) is 11.5 Å². The molecular weight excluding hydrogens is 488 g/mol. The van der Waals surface area contributed by atoms with Gasteiger partial charge in [0.05, 0.1) is 20.2 Å². The average Bonchev–Trinajstić information content (AvgIpc) is 2.58. The number of benzene rings is 1. The zero-order valence-corrected chi connectivity index (χ0v) is 19.0. The molecule has 0 aliphatic rings. The number of hydrogen-bond donors (Lipinski definition) is 2. The van der Waals surface area contributed by atoms with Gasteiger partial charge < -0.3 is 20.1 Å².